The summed E-state index contributed by atoms with van der Waals surface area (Å²) in [6, 6.07) is 0. The molecule has 2 unspecified atom stereocenters. The highest BCUT2D eigenvalue weighted by molar-refractivity contribution is 8.04. The molecule has 1 rings (SSSR count). The van der Waals surface area contributed by atoms with E-state index in [4.69, 9.17) is 0 Å². The molecule has 0 heterocycles. The van der Waals surface area contributed by atoms with Gasteiger partial charge >= 0.3 is 12.1 Å². The Morgan fingerprint density at radius 1 is 1.26 bits per heavy atom. The lowest BCUT2D eigenvalue weighted by Gasteiger charge is -2.36. The van der Waals surface area contributed by atoms with Gasteiger partial charge in [-0.3, -0.25) is 4.79 Å². The van der Waals surface area contributed by atoms with Gasteiger partial charge in [0.05, 0.1) is 12.4 Å². The van der Waals surface area contributed by atoms with Crippen molar-refractivity contribution in [2.24, 2.45) is 11.3 Å². The average Bonchev–Trinajstić information content (AvgIpc) is 2.38. The number of carbonyl (C=O) groups is 2. The van der Waals surface area contributed by atoms with E-state index in [1.807, 2.05) is 20.8 Å². The first-order valence-electron chi connectivity index (χ1n) is 7.12. The Hall–Kier alpha value is -1.05. The van der Waals surface area contributed by atoms with Gasteiger partial charge < -0.3 is 4.74 Å². The number of Topliss-reactive ketones (excluding diaryl/α,β-unsaturated/α-hetero) is 1. The zero-order valence-electron chi connectivity index (χ0n) is 13.4. The van der Waals surface area contributed by atoms with Gasteiger partial charge in [0.2, 0.25) is 0 Å². The van der Waals surface area contributed by atoms with E-state index in [2.05, 4.69) is 4.74 Å². The Labute approximate surface area is 136 Å². The summed E-state index contributed by atoms with van der Waals surface area (Å²) in [4.78, 5) is 23.1. The van der Waals surface area contributed by atoms with E-state index in [1.54, 1.807) is 0 Å². The van der Waals surface area contributed by atoms with Crippen LogP contribution in [-0.2, 0) is 14.3 Å². The van der Waals surface area contributed by atoms with Crippen LogP contribution in [0.4, 0.5) is 17.6 Å². The lowest BCUT2D eigenvalue weighted by atomic mass is 9.72. The molecule has 0 N–H and O–H groups in total. The molecule has 8 heteroatoms. The molecule has 1 fully saturated rings. The summed E-state index contributed by atoms with van der Waals surface area (Å²) >= 11 is 0.170. The molecule has 0 bridgehead atoms. The summed E-state index contributed by atoms with van der Waals surface area (Å²) in [6.07, 6.45) is -4.06. The molecular formula is C15H20F4O3S. The van der Waals surface area contributed by atoms with Crippen molar-refractivity contribution >= 4 is 23.5 Å². The molecule has 0 saturated heterocycles. The Morgan fingerprint density at radius 2 is 1.83 bits per heavy atom. The number of rotatable bonds is 3. The minimum Gasteiger partial charge on any atom is -0.465 e. The van der Waals surface area contributed by atoms with E-state index >= 15 is 0 Å². The summed E-state index contributed by atoms with van der Waals surface area (Å²) in [6.45, 7) is 5.91. The molecule has 0 aromatic rings. The summed E-state index contributed by atoms with van der Waals surface area (Å²) in [7, 11) is 0.743. The fourth-order valence-corrected chi connectivity index (χ4v) is 3.62. The first-order valence-corrected chi connectivity index (χ1v) is 8.00. The second-order valence-electron chi connectivity index (χ2n) is 6.55. The van der Waals surface area contributed by atoms with Gasteiger partial charge in [0.1, 0.15) is 5.78 Å². The number of hydrogen-bond donors (Lipinski definition) is 0. The van der Waals surface area contributed by atoms with Crippen LogP contribution in [0.5, 0.6) is 0 Å². The minimum absolute atomic E-state index is 0.0953. The maximum absolute atomic E-state index is 14.1. The molecule has 1 aliphatic rings. The number of alkyl halides is 3. The summed E-state index contributed by atoms with van der Waals surface area (Å²) in [5.41, 5.74) is -2.12. The van der Waals surface area contributed by atoms with E-state index in [0.717, 1.165) is 7.11 Å². The number of ketones is 1. The number of hydrogen-bond acceptors (Lipinski definition) is 4. The summed E-state index contributed by atoms with van der Waals surface area (Å²) in [5, 5.41) is -2.63. The van der Waals surface area contributed by atoms with Crippen molar-refractivity contribution in [3.63, 3.8) is 0 Å². The van der Waals surface area contributed by atoms with Crippen molar-refractivity contribution in [1.82, 2.24) is 0 Å². The van der Waals surface area contributed by atoms with Crippen molar-refractivity contribution in [3.05, 3.63) is 10.7 Å². The molecule has 23 heavy (non-hydrogen) atoms. The van der Waals surface area contributed by atoms with Crippen LogP contribution in [0.3, 0.4) is 0 Å². The Kier molecular flexibility index (Phi) is 6.29. The normalized spacial score (nSPS) is 24.3. The number of halogens is 4. The highest BCUT2D eigenvalue weighted by atomic mass is 32.2. The van der Waals surface area contributed by atoms with Crippen LogP contribution in [0.1, 0.15) is 40.0 Å². The predicted octanol–water partition coefficient (Wildman–Crippen LogP) is 4.42. The largest absolute Gasteiger partial charge is 0.465 e. The van der Waals surface area contributed by atoms with Gasteiger partial charge in [-0.2, -0.15) is 17.6 Å². The molecule has 1 aliphatic carbocycles. The number of ether oxygens (including phenoxy) is 1. The van der Waals surface area contributed by atoms with Crippen LogP contribution in [-0.4, -0.2) is 30.3 Å². The van der Waals surface area contributed by atoms with Gasteiger partial charge in [0.15, 0.2) is 10.7 Å². The summed E-state index contributed by atoms with van der Waals surface area (Å²) < 4.78 is 56.5. The third-order valence-electron chi connectivity index (χ3n) is 3.94. The second-order valence-corrected chi connectivity index (χ2v) is 7.71. The van der Waals surface area contributed by atoms with E-state index in [-0.39, 0.29) is 41.7 Å². The Balaban J connectivity index is 3.04. The molecule has 3 nitrogen and oxygen atoms in total. The van der Waals surface area contributed by atoms with Gasteiger partial charge in [-0.1, -0.05) is 32.5 Å². The average molecular weight is 356 g/mol. The Morgan fingerprint density at radius 3 is 2.26 bits per heavy atom. The van der Waals surface area contributed by atoms with Crippen LogP contribution >= 0.6 is 11.8 Å². The number of carbonyl (C=O) groups excluding carboxylic acids is 2. The second kappa shape index (κ2) is 7.23. The molecular weight excluding hydrogens is 336 g/mol. The monoisotopic (exact) mass is 356 g/mol. The fourth-order valence-electron chi connectivity index (χ4n) is 2.48. The van der Waals surface area contributed by atoms with Crippen molar-refractivity contribution in [1.29, 1.82) is 0 Å². The molecule has 0 radical (unpaired) electrons. The molecule has 2 atom stereocenters. The molecule has 1 saturated carbocycles. The van der Waals surface area contributed by atoms with Crippen molar-refractivity contribution in [2.75, 3.05) is 7.11 Å². The van der Waals surface area contributed by atoms with Crippen molar-refractivity contribution in [2.45, 2.75) is 51.5 Å². The van der Waals surface area contributed by atoms with Crippen LogP contribution in [0.25, 0.3) is 0 Å². The van der Waals surface area contributed by atoms with Crippen LogP contribution in [0, 0.1) is 11.3 Å². The third-order valence-corrected chi connectivity index (χ3v) is 5.09. The van der Waals surface area contributed by atoms with E-state index in [1.165, 1.54) is 0 Å². The standard InChI is InChI=1S/C15H20F4O3S/c1-14(2,3)8-5-6-9(20)10(7-8)23-12(16)11(13(21)22-4)15(17,18)19/h8,10H,5-7H2,1-4H3/b12-11+. The maximum atomic E-state index is 14.1. The van der Waals surface area contributed by atoms with Gasteiger partial charge in [0.25, 0.3) is 0 Å². The maximum Gasteiger partial charge on any atom is 0.426 e. The molecule has 0 aromatic carbocycles. The molecule has 132 valence electrons. The lowest BCUT2D eigenvalue weighted by Crippen LogP contribution is -2.34. The molecule has 0 aliphatic heterocycles. The van der Waals surface area contributed by atoms with Crippen LogP contribution < -0.4 is 0 Å². The number of thioether (sulfide) groups is 1. The van der Waals surface area contributed by atoms with E-state index < -0.39 is 28.1 Å². The van der Waals surface area contributed by atoms with Crippen molar-refractivity contribution in [3.8, 4) is 0 Å². The first kappa shape index (κ1) is 20.0. The van der Waals surface area contributed by atoms with Crippen molar-refractivity contribution < 1.29 is 31.9 Å². The number of methoxy groups -OCH3 is 1. The third kappa shape index (κ3) is 5.22. The van der Waals surface area contributed by atoms with Gasteiger partial charge in [-0.05, 0) is 24.2 Å². The van der Waals surface area contributed by atoms with E-state index in [0.29, 0.717) is 6.42 Å². The first-order chi connectivity index (χ1) is 10.4. The molecule has 0 spiro atoms. The Bertz CT molecular complexity index is 506. The van der Waals surface area contributed by atoms with Gasteiger partial charge in [-0.25, -0.2) is 4.79 Å². The molecule has 0 amide bonds. The summed E-state index contributed by atoms with van der Waals surface area (Å²) in [5.74, 6) is -1.99. The fraction of sp³-hybridized carbons (Fsp3) is 0.733. The van der Waals surface area contributed by atoms with Gasteiger partial charge in [0, 0.05) is 6.42 Å². The lowest BCUT2D eigenvalue weighted by molar-refractivity contribution is -0.148. The highest BCUT2D eigenvalue weighted by Crippen LogP contribution is 2.44. The van der Waals surface area contributed by atoms with Crippen LogP contribution in [0.15, 0.2) is 10.7 Å². The number of esters is 1. The predicted molar refractivity (Wildman–Crippen MR) is 79.4 cm³/mol. The highest BCUT2D eigenvalue weighted by Gasteiger charge is 2.45. The van der Waals surface area contributed by atoms with E-state index in [9.17, 15) is 27.2 Å². The zero-order valence-corrected chi connectivity index (χ0v) is 14.2. The zero-order chi connectivity index (χ0) is 18.0. The smallest absolute Gasteiger partial charge is 0.426 e. The topological polar surface area (TPSA) is 43.4 Å². The van der Waals surface area contributed by atoms with Gasteiger partial charge in [-0.15, -0.1) is 0 Å². The molecule has 0 aromatic heterocycles. The van der Waals surface area contributed by atoms with Crippen LogP contribution in [0.2, 0.25) is 0 Å². The quantitative estimate of drug-likeness (QED) is 0.427. The SMILES string of the molecule is COC(=O)/C(=C(/F)SC1CC(C(C)(C)C)CCC1=O)C(F)(F)F. The minimum atomic E-state index is -5.18.